The van der Waals surface area contributed by atoms with Crippen molar-refractivity contribution in [2.45, 2.75) is 50.9 Å². The number of aryl methyl sites for hydroxylation is 1. The molecule has 0 aromatic carbocycles. The Hall–Kier alpha value is -1.08. The van der Waals surface area contributed by atoms with Gasteiger partial charge in [-0.15, -0.1) is 10.2 Å². The lowest BCUT2D eigenvalue weighted by atomic mass is 10.4. The molecule has 0 radical (unpaired) electrons. The molecule has 7 heteroatoms. The zero-order valence-corrected chi connectivity index (χ0v) is 12.9. The summed E-state index contributed by atoms with van der Waals surface area (Å²) in [6, 6.07) is 0.747. The fourth-order valence-electron chi connectivity index (χ4n) is 2.31. The molecular formula is C13H22N4O2S. The fraction of sp³-hybridized carbons (Fsp3) is 0.769. The molecule has 1 aromatic rings. The van der Waals surface area contributed by atoms with Gasteiger partial charge < -0.3 is 9.67 Å². The van der Waals surface area contributed by atoms with Crippen LogP contribution in [0.25, 0.3) is 0 Å². The van der Waals surface area contributed by atoms with Crippen LogP contribution in [0.1, 0.15) is 32.5 Å². The molecule has 1 aromatic heterocycles. The van der Waals surface area contributed by atoms with Crippen LogP contribution in [0.15, 0.2) is 5.16 Å². The predicted molar refractivity (Wildman–Crippen MR) is 78.0 cm³/mol. The first kappa shape index (κ1) is 15.3. The zero-order valence-electron chi connectivity index (χ0n) is 12.1. The highest BCUT2D eigenvalue weighted by Gasteiger charge is 2.27. The molecule has 1 fully saturated rings. The SMILES string of the molecule is CCc1nnc(SCC(=O)O)n1CCN(CC)C1CC1. The van der Waals surface area contributed by atoms with Crippen LogP contribution in [0.3, 0.4) is 0 Å². The number of carbonyl (C=O) groups is 1. The van der Waals surface area contributed by atoms with Crippen molar-refractivity contribution in [1.29, 1.82) is 0 Å². The third kappa shape index (κ3) is 3.96. The normalized spacial score (nSPS) is 14.9. The largest absolute Gasteiger partial charge is 0.481 e. The van der Waals surface area contributed by atoms with Gasteiger partial charge in [0.2, 0.25) is 0 Å². The van der Waals surface area contributed by atoms with Crippen LogP contribution in [0.5, 0.6) is 0 Å². The molecule has 6 nitrogen and oxygen atoms in total. The lowest BCUT2D eigenvalue weighted by Crippen LogP contribution is -2.30. The molecule has 0 atom stereocenters. The van der Waals surface area contributed by atoms with Gasteiger partial charge in [-0.25, -0.2) is 0 Å². The predicted octanol–water partition coefficient (Wildman–Crippen LogP) is 1.50. The maximum Gasteiger partial charge on any atom is 0.313 e. The fourth-order valence-corrected chi connectivity index (χ4v) is 3.01. The molecule has 1 saturated carbocycles. The second kappa shape index (κ2) is 7.08. The molecule has 0 aliphatic heterocycles. The Kier molecular flexibility index (Phi) is 5.42. The van der Waals surface area contributed by atoms with E-state index in [2.05, 4.69) is 26.6 Å². The highest BCUT2D eigenvalue weighted by Crippen LogP contribution is 2.26. The van der Waals surface area contributed by atoms with Crippen molar-refractivity contribution < 1.29 is 9.90 Å². The summed E-state index contributed by atoms with van der Waals surface area (Å²) in [7, 11) is 0. The van der Waals surface area contributed by atoms with Gasteiger partial charge in [0.1, 0.15) is 5.82 Å². The molecule has 0 saturated heterocycles. The van der Waals surface area contributed by atoms with Crippen LogP contribution >= 0.6 is 11.8 Å². The van der Waals surface area contributed by atoms with Gasteiger partial charge >= 0.3 is 5.97 Å². The van der Waals surface area contributed by atoms with Crippen molar-refractivity contribution in [1.82, 2.24) is 19.7 Å². The Morgan fingerprint density at radius 1 is 1.45 bits per heavy atom. The van der Waals surface area contributed by atoms with Crippen molar-refractivity contribution in [2.24, 2.45) is 0 Å². The van der Waals surface area contributed by atoms with E-state index >= 15 is 0 Å². The van der Waals surface area contributed by atoms with Crippen molar-refractivity contribution in [3.63, 3.8) is 0 Å². The highest BCUT2D eigenvalue weighted by molar-refractivity contribution is 7.99. The Labute approximate surface area is 123 Å². The average molecular weight is 298 g/mol. The van der Waals surface area contributed by atoms with Crippen LogP contribution in [0, 0.1) is 0 Å². The molecule has 112 valence electrons. The third-order valence-electron chi connectivity index (χ3n) is 3.51. The van der Waals surface area contributed by atoms with E-state index in [1.54, 1.807) is 0 Å². The number of aromatic nitrogens is 3. The molecular weight excluding hydrogens is 276 g/mol. The molecule has 20 heavy (non-hydrogen) atoms. The smallest absolute Gasteiger partial charge is 0.313 e. The Morgan fingerprint density at radius 3 is 2.75 bits per heavy atom. The summed E-state index contributed by atoms with van der Waals surface area (Å²) in [5.74, 6) is 0.141. The summed E-state index contributed by atoms with van der Waals surface area (Å²) in [4.78, 5) is 13.2. The Balaban J connectivity index is 1.99. The average Bonchev–Trinajstić information content (AvgIpc) is 3.18. The van der Waals surface area contributed by atoms with Crippen LogP contribution in [-0.4, -0.2) is 55.6 Å². The molecule has 1 heterocycles. The maximum absolute atomic E-state index is 10.7. The monoisotopic (exact) mass is 298 g/mol. The van der Waals surface area contributed by atoms with E-state index < -0.39 is 5.97 Å². The molecule has 0 amide bonds. The summed E-state index contributed by atoms with van der Waals surface area (Å²) in [5, 5.41) is 17.8. The lowest BCUT2D eigenvalue weighted by Gasteiger charge is -2.20. The minimum absolute atomic E-state index is 0.0297. The van der Waals surface area contributed by atoms with Gasteiger partial charge in [-0.2, -0.15) is 0 Å². The van der Waals surface area contributed by atoms with Crippen LogP contribution in [-0.2, 0) is 17.8 Å². The second-order valence-corrected chi connectivity index (χ2v) is 5.89. The van der Waals surface area contributed by atoms with E-state index in [9.17, 15) is 4.79 Å². The van der Waals surface area contributed by atoms with Crippen LogP contribution in [0.2, 0.25) is 0 Å². The van der Waals surface area contributed by atoms with Crippen molar-refractivity contribution in [2.75, 3.05) is 18.8 Å². The van der Waals surface area contributed by atoms with Gasteiger partial charge in [0.25, 0.3) is 0 Å². The van der Waals surface area contributed by atoms with Gasteiger partial charge in [0, 0.05) is 25.6 Å². The molecule has 0 unspecified atom stereocenters. The van der Waals surface area contributed by atoms with Crippen molar-refractivity contribution in [3.8, 4) is 0 Å². The number of aliphatic carboxylic acids is 1. The number of thioether (sulfide) groups is 1. The number of carboxylic acid groups (broad SMARTS) is 1. The Bertz CT molecular complexity index is 459. The van der Waals surface area contributed by atoms with Gasteiger partial charge in [0.15, 0.2) is 5.16 Å². The molecule has 1 N–H and O–H groups in total. The first-order valence-electron chi connectivity index (χ1n) is 7.16. The summed E-state index contributed by atoms with van der Waals surface area (Å²) in [6.07, 6.45) is 3.42. The summed E-state index contributed by atoms with van der Waals surface area (Å²) in [6.45, 7) is 7.11. The van der Waals surface area contributed by atoms with Crippen molar-refractivity contribution >= 4 is 17.7 Å². The summed E-state index contributed by atoms with van der Waals surface area (Å²) < 4.78 is 2.07. The second-order valence-electron chi connectivity index (χ2n) is 4.95. The van der Waals surface area contributed by atoms with Crippen LogP contribution in [0.4, 0.5) is 0 Å². The summed E-state index contributed by atoms with van der Waals surface area (Å²) >= 11 is 1.25. The van der Waals surface area contributed by atoms with Crippen LogP contribution < -0.4 is 0 Å². The first-order valence-corrected chi connectivity index (χ1v) is 8.15. The van der Waals surface area contributed by atoms with Gasteiger partial charge in [-0.3, -0.25) is 9.69 Å². The van der Waals surface area contributed by atoms with E-state index in [0.29, 0.717) is 0 Å². The minimum atomic E-state index is -0.823. The standard InChI is InChI=1S/C13H22N4O2S/c1-3-11-14-15-13(20-9-12(18)19)17(11)8-7-16(4-2)10-5-6-10/h10H,3-9H2,1-2H3,(H,18,19). The summed E-state index contributed by atoms with van der Waals surface area (Å²) in [5.41, 5.74) is 0. The maximum atomic E-state index is 10.7. The van der Waals surface area contributed by atoms with Gasteiger partial charge in [-0.05, 0) is 19.4 Å². The lowest BCUT2D eigenvalue weighted by molar-refractivity contribution is -0.133. The first-order chi connectivity index (χ1) is 9.65. The molecule has 0 spiro atoms. The number of nitrogens with zero attached hydrogens (tertiary/aromatic N) is 4. The molecule has 2 rings (SSSR count). The number of hydrogen-bond acceptors (Lipinski definition) is 5. The highest BCUT2D eigenvalue weighted by atomic mass is 32.2. The Morgan fingerprint density at radius 2 is 2.20 bits per heavy atom. The molecule has 1 aliphatic rings. The van der Waals surface area contributed by atoms with Gasteiger partial charge in [-0.1, -0.05) is 25.6 Å². The minimum Gasteiger partial charge on any atom is -0.481 e. The molecule has 0 bridgehead atoms. The van der Waals surface area contributed by atoms with E-state index in [4.69, 9.17) is 5.11 Å². The van der Waals surface area contributed by atoms with Crippen molar-refractivity contribution in [3.05, 3.63) is 5.82 Å². The third-order valence-corrected chi connectivity index (χ3v) is 4.47. The number of likely N-dealkylation sites (N-methyl/N-ethyl adjacent to an activating group) is 1. The van der Waals surface area contributed by atoms with Gasteiger partial charge in [0.05, 0.1) is 5.75 Å². The molecule has 1 aliphatic carbocycles. The topological polar surface area (TPSA) is 71.2 Å². The van der Waals surface area contributed by atoms with E-state index in [0.717, 1.165) is 43.1 Å². The van der Waals surface area contributed by atoms with E-state index in [-0.39, 0.29) is 5.75 Å². The number of rotatable bonds is 9. The number of hydrogen-bond donors (Lipinski definition) is 1. The van der Waals surface area contributed by atoms with E-state index in [1.807, 2.05) is 6.92 Å². The number of carboxylic acids is 1. The van der Waals surface area contributed by atoms with E-state index in [1.165, 1.54) is 24.6 Å². The quantitative estimate of drug-likeness (QED) is 0.697. The zero-order chi connectivity index (χ0) is 14.5.